The average molecular weight is 531 g/mol. The molecule has 11 nitrogen and oxygen atoms in total. The first kappa shape index (κ1) is 26.9. The molecule has 3 N–H and O–H groups in total. The van der Waals surface area contributed by atoms with Crippen molar-refractivity contribution in [2.45, 2.75) is 49.6 Å². The van der Waals surface area contributed by atoms with E-state index < -0.39 is 47.6 Å². The molecule has 4 rings (SSSR count). The van der Waals surface area contributed by atoms with Gasteiger partial charge in [0.15, 0.2) is 5.78 Å². The molecule has 2 aromatic rings. The molecule has 198 valence electrons. The number of carbonyl (C=O) groups excluding carboxylic acids is 4. The summed E-state index contributed by atoms with van der Waals surface area (Å²) in [5, 5.41) is 8.90. The van der Waals surface area contributed by atoms with E-state index in [-0.39, 0.29) is 25.2 Å². The van der Waals surface area contributed by atoms with Gasteiger partial charge >= 0.3 is 0 Å². The predicted molar refractivity (Wildman–Crippen MR) is 133 cm³/mol. The summed E-state index contributed by atoms with van der Waals surface area (Å²) >= 11 is 1.21. The highest BCUT2D eigenvalue weighted by Crippen LogP contribution is 2.39. The van der Waals surface area contributed by atoms with E-state index in [4.69, 9.17) is 14.2 Å². The summed E-state index contributed by atoms with van der Waals surface area (Å²) in [7, 11) is 2.84. The van der Waals surface area contributed by atoms with E-state index in [0.717, 1.165) is 10.6 Å². The van der Waals surface area contributed by atoms with E-state index in [1.165, 1.54) is 31.8 Å². The predicted octanol–water partition coefficient (Wildman–Crippen LogP) is 0.165. The van der Waals surface area contributed by atoms with Crippen LogP contribution in [0.5, 0.6) is 0 Å². The van der Waals surface area contributed by atoms with Crippen LogP contribution in [0.1, 0.15) is 26.7 Å². The fourth-order valence-electron chi connectivity index (χ4n) is 4.09. The molecular formula is C25H30N4O7S. The standard InChI is InChI=1S/C25H30N4O7S/c1-14-26-11-19(37-14)23(32)29-25(10-20(25)35-3)24(33)28-17(12-34-2)22(31)27-16(21(30)18-13-36-18)9-15-7-5-4-6-8-15/h4-8,11,16-18,20H,9-10,12-13H2,1-3H3,(H,27,31)(H,28,33)(H,29,32)/t16-,17-,18+,20+,25+/m0/s1. The number of benzene rings is 1. The first-order valence-electron chi connectivity index (χ1n) is 11.8. The van der Waals surface area contributed by atoms with Crippen LogP contribution in [0.2, 0.25) is 0 Å². The minimum absolute atomic E-state index is 0.139. The van der Waals surface area contributed by atoms with Crippen LogP contribution in [0, 0.1) is 6.92 Å². The fraction of sp³-hybridized carbons (Fsp3) is 0.480. The summed E-state index contributed by atoms with van der Waals surface area (Å²) < 4.78 is 15.7. The van der Waals surface area contributed by atoms with Gasteiger partial charge in [-0.1, -0.05) is 30.3 Å². The van der Waals surface area contributed by atoms with Gasteiger partial charge in [0.05, 0.1) is 36.6 Å². The normalized spacial score (nSPS) is 23.4. The van der Waals surface area contributed by atoms with Crippen molar-refractivity contribution < 1.29 is 33.4 Å². The molecule has 2 fully saturated rings. The number of ether oxygens (including phenoxy) is 3. The zero-order valence-electron chi connectivity index (χ0n) is 20.8. The minimum Gasteiger partial charge on any atom is -0.382 e. The molecule has 3 amide bonds. The summed E-state index contributed by atoms with van der Waals surface area (Å²) in [5.74, 6) is -1.85. The number of aromatic nitrogens is 1. The number of epoxide rings is 1. The third-order valence-electron chi connectivity index (χ3n) is 6.32. The quantitative estimate of drug-likeness (QED) is 0.310. The minimum atomic E-state index is -1.34. The molecule has 1 aliphatic carbocycles. The number of nitrogens with zero attached hydrogens (tertiary/aromatic N) is 1. The maximum absolute atomic E-state index is 13.3. The average Bonchev–Trinajstić information content (AvgIpc) is 3.81. The van der Waals surface area contributed by atoms with Gasteiger partial charge in [0.1, 0.15) is 22.6 Å². The van der Waals surface area contributed by atoms with Crippen molar-refractivity contribution in [2.75, 3.05) is 27.4 Å². The van der Waals surface area contributed by atoms with Crippen molar-refractivity contribution in [2.24, 2.45) is 0 Å². The molecule has 2 heterocycles. The Morgan fingerprint density at radius 3 is 2.46 bits per heavy atom. The van der Waals surface area contributed by atoms with Gasteiger partial charge in [-0.15, -0.1) is 11.3 Å². The summed E-state index contributed by atoms with van der Waals surface area (Å²) in [6.45, 7) is 1.95. The first-order chi connectivity index (χ1) is 17.8. The molecule has 1 aromatic heterocycles. The number of nitrogens with one attached hydrogen (secondary N) is 3. The lowest BCUT2D eigenvalue weighted by Gasteiger charge is -2.25. The maximum atomic E-state index is 13.3. The topological polar surface area (TPSA) is 148 Å². The largest absolute Gasteiger partial charge is 0.382 e. The van der Waals surface area contributed by atoms with Gasteiger partial charge in [-0.3, -0.25) is 19.2 Å². The lowest BCUT2D eigenvalue weighted by molar-refractivity contribution is -0.134. The molecule has 1 aromatic carbocycles. The van der Waals surface area contributed by atoms with E-state index in [1.807, 2.05) is 30.3 Å². The van der Waals surface area contributed by atoms with Gasteiger partial charge in [-0.25, -0.2) is 4.98 Å². The zero-order chi connectivity index (χ0) is 26.6. The van der Waals surface area contributed by atoms with Gasteiger partial charge < -0.3 is 30.2 Å². The molecule has 1 saturated heterocycles. The Bertz CT molecular complexity index is 1150. The van der Waals surface area contributed by atoms with Crippen LogP contribution in [0.4, 0.5) is 0 Å². The molecule has 0 spiro atoms. The number of carbonyl (C=O) groups is 4. The number of ketones is 1. The fourth-order valence-corrected chi connectivity index (χ4v) is 4.77. The lowest BCUT2D eigenvalue weighted by atomic mass is 10.00. The second-order valence-electron chi connectivity index (χ2n) is 9.05. The van der Waals surface area contributed by atoms with Crippen LogP contribution in [-0.4, -0.2) is 85.8 Å². The Morgan fingerprint density at radius 1 is 1.16 bits per heavy atom. The molecule has 2 aliphatic rings. The monoisotopic (exact) mass is 530 g/mol. The van der Waals surface area contributed by atoms with Gasteiger partial charge in [0.25, 0.3) is 5.91 Å². The van der Waals surface area contributed by atoms with Crippen molar-refractivity contribution in [1.29, 1.82) is 0 Å². The van der Waals surface area contributed by atoms with Crippen LogP contribution >= 0.6 is 11.3 Å². The molecule has 1 aliphatic heterocycles. The van der Waals surface area contributed by atoms with E-state index in [1.54, 1.807) is 6.92 Å². The van der Waals surface area contributed by atoms with Gasteiger partial charge in [-0.2, -0.15) is 0 Å². The number of methoxy groups -OCH3 is 2. The lowest BCUT2D eigenvalue weighted by Crippen LogP contribution is -2.59. The van der Waals surface area contributed by atoms with Crippen LogP contribution in [0.15, 0.2) is 36.5 Å². The number of thiazole rings is 1. The van der Waals surface area contributed by atoms with Crippen LogP contribution in [0.3, 0.4) is 0 Å². The van der Waals surface area contributed by atoms with E-state index >= 15 is 0 Å². The van der Waals surface area contributed by atoms with E-state index in [0.29, 0.717) is 11.5 Å². The Labute approximate surface area is 218 Å². The number of hydrogen-bond donors (Lipinski definition) is 3. The molecule has 0 radical (unpaired) electrons. The molecule has 0 unspecified atom stereocenters. The third kappa shape index (κ3) is 6.39. The molecular weight excluding hydrogens is 500 g/mol. The highest BCUT2D eigenvalue weighted by atomic mass is 32.1. The second kappa shape index (κ2) is 11.5. The van der Waals surface area contributed by atoms with Crippen molar-refractivity contribution in [3.63, 3.8) is 0 Å². The summed E-state index contributed by atoms with van der Waals surface area (Å²) in [4.78, 5) is 56.6. The number of amides is 3. The molecule has 5 atom stereocenters. The highest BCUT2D eigenvalue weighted by Gasteiger charge is 2.62. The van der Waals surface area contributed by atoms with Gasteiger partial charge in [0, 0.05) is 20.6 Å². The van der Waals surface area contributed by atoms with Crippen molar-refractivity contribution in [3.05, 3.63) is 52.0 Å². The van der Waals surface area contributed by atoms with Gasteiger partial charge in [0.2, 0.25) is 11.8 Å². The van der Waals surface area contributed by atoms with Crippen LogP contribution in [-0.2, 0) is 35.0 Å². The third-order valence-corrected chi connectivity index (χ3v) is 7.23. The van der Waals surface area contributed by atoms with Gasteiger partial charge in [-0.05, 0) is 18.9 Å². The maximum Gasteiger partial charge on any atom is 0.263 e. The van der Waals surface area contributed by atoms with Crippen LogP contribution in [0.25, 0.3) is 0 Å². The zero-order valence-corrected chi connectivity index (χ0v) is 21.6. The Morgan fingerprint density at radius 2 is 1.89 bits per heavy atom. The summed E-state index contributed by atoms with van der Waals surface area (Å²) in [5.41, 5.74) is -0.466. The number of aryl methyl sites for hydroxylation is 1. The number of Topliss-reactive ketones (excluding diaryl/α,β-unsaturated/α-hetero) is 1. The van der Waals surface area contributed by atoms with Crippen molar-refractivity contribution in [3.8, 4) is 0 Å². The molecule has 1 saturated carbocycles. The summed E-state index contributed by atoms with van der Waals surface area (Å²) in [6, 6.07) is 7.35. The van der Waals surface area contributed by atoms with Crippen LogP contribution < -0.4 is 16.0 Å². The first-order valence-corrected chi connectivity index (χ1v) is 12.7. The molecule has 12 heteroatoms. The number of hydrogen-bond acceptors (Lipinski definition) is 9. The Balaban J connectivity index is 1.45. The summed E-state index contributed by atoms with van der Waals surface area (Å²) in [6.07, 6.45) is 0.857. The van der Waals surface area contributed by atoms with E-state index in [9.17, 15) is 19.2 Å². The number of rotatable bonds is 13. The van der Waals surface area contributed by atoms with E-state index in [2.05, 4.69) is 20.9 Å². The smallest absolute Gasteiger partial charge is 0.263 e. The Hall–Kier alpha value is -3.19. The van der Waals surface area contributed by atoms with Crippen molar-refractivity contribution in [1.82, 2.24) is 20.9 Å². The SMILES string of the molecule is COC[C@H](NC(=O)[C@@]1(NC(=O)c2cnc(C)s2)C[C@H]1OC)C(=O)N[C@@H](Cc1ccccc1)C(=O)[C@H]1CO1. The molecule has 0 bridgehead atoms. The molecule has 37 heavy (non-hydrogen) atoms. The second-order valence-corrected chi connectivity index (χ2v) is 10.3. The van der Waals surface area contributed by atoms with Crippen molar-refractivity contribution >= 4 is 34.8 Å². The highest BCUT2D eigenvalue weighted by molar-refractivity contribution is 7.13. The Kier molecular flexibility index (Phi) is 8.32.